The molecule has 6 nitrogen and oxygen atoms in total. The SMILES string of the molecule is Nc1nc(NCC2CCN(Cc3ccccc3)CC2)cc([C@H]2CCOC2)n1. The molecule has 0 bridgehead atoms. The minimum absolute atomic E-state index is 0.345. The van der Waals surface area contributed by atoms with Crippen LogP contribution >= 0.6 is 0 Å². The summed E-state index contributed by atoms with van der Waals surface area (Å²) >= 11 is 0. The van der Waals surface area contributed by atoms with E-state index < -0.39 is 0 Å². The Kier molecular flexibility index (Phi) is 5.84. The smallest absolute Gasteiger partial charge is 0.222 e. The van der Waals surface area contributed by atoms with E-state index in [0.29, 0.717) is 17.8 Å². The van der Waals surface area contributed by atoms with Gasteiger partial charge >= 0.3 is 0 Å². The Morgan fingerprint density at radius 1 is 1.11 bits per heavy atom. The van der Waals surface area contributed by atoms with Gasteiger partial charge in [0.2, 0.25) is 5.95 Å². The maximum atomic E-state index is 5.92. The molecule has 0 radical (unpaired) electrons. The number of hydrogen-bond donors (Lipinski definition) is 2. The van der Waals surface area contributed by atoms with Crippen molar-refractivity contribution >= 4 is 11.8 Å². The number of aromatic nitrogens is 2. The van der Waals surface area contributed by atoms with Gasteiger partial charge in [-0.2, -0.15) is 4.98 Å². The van der Waals surface area contributed by atoms with Crippen LogP contribution < -0.4 is 11.1 Å². The molecule has 6 heteroatoms. The van der Waals surface area contributed by atoms with Crippen LogP contribution in [-0.2, 0) is 11.3 Å². The number of nitrogens with zero attached hydrogens (tertiary/aromatic N) is 3. The van der Waals surface area contributed by atoms with Gasteiger partial charge in [0.1, 0.15) is 5.82 Å². The fraction of sp³-hybridized carbons (Fsp3) is 0.524. The van der Waals surface area contributed by atoms with E-state index in [1.165, 1.54) is 18.4 Å². The second-order valence-electron chi connectivity index (χ2n) is 7.68. The summed E-state index contributed by atoms with van der Waals surface area (Å²) in [5.41, 5.74) is 8.31. The van der Waals surface area contributed by atoms with Gasteiger partial charge in [0.25, 0.3) is 0 Å². The van der Waals surface area contributed by atoms with Crippen LogP contribution in [-0.4, -0.2) is 47.7 Å². The molecular weight excluding hydrogens is 338 g/mol. The quantitative estimate of drug-likeness (QED) is 0.818. The molecule has 1 aromatic carbocycles. The van der Waals surface area contributed by atoms with E-state index in [1.54, 1.807) is 0 Å². The van der Waals surface area contributed by atoms with Crippen molar-refractivity contribution in [3.8, 4) is 0 Å². The van der Waals surface area contributed by atoms with E-state index >= 15 is 0 Å². The summed E-state index contributed by atoms with van der Waals surface area (Å²) in [6.07, 6.45) is 3.43. The number of benzene rings is 1. The molecule has 4 rings (SSSR count). The molecule has 27 heavy (non-hydrogen) atoms. The molecule has 0 aliphatic carbocycles. The lowest BCUT2D eigenvalue weighted by Gasteiger charge is -2.32. The zero-order valence-corrected chi connectivity index (χ0v) is 15.8. The predicted octanol–water partition coefficient (Wildman–Crippen LogP) is 2.89. The van der Waals surface area contributed by atoms with Gasteiger partial charge in [0.15, 0.2) is 0 Å². The number of nitrogens with one attached hydrogen (secondary N) is 1. The number of rotatable bonds is 6. The average Bonchev–Trinajstić information content (AvgIpc) is 3.23. The molecule has 3 heterocycles. The van der Waals surface area contributed by atoms with Crippen LogP contribution in [0.5, 0.6) is 0 Å². The van der Waals surface area contributed by atoms with Gasteiger partial charge in [-0.1, -0.05) is 30.3 Å². The Hall–Kier alpha value is -2.18. The maximum absolute atomic E-state index is 5.92. The molecule has 2 aromatic rings. The van der Waals surface area contributed by atoms with Crippen molar-refractivity contribution < 1.29 is 4.74 Å². The Morgan fingerprint density at radius 2 is 1.93 bits per heavy atom. The van der Waals surface area contributed by atoms with E-state index in [-0.39, 0.29) is 0 Å². The standard InChI is InChI=1S/C21H29N5O/c22-21-24-19(18-8-11-27-15-18)12-20(25-21)23-13-16-6-9-26(10-7-16)14-17-4-2-1-3-5-17/h1-5,12,16,18H,6-11,13-15H2,(H3,22,23,24,25)/t18-/m0/s1. The highest BCUT2D eigenvalue weighted by Gasteiger charge is 2.22. The van der Waals surface area contributed by atoms with Crippen LogP contribution in [0.3, 0.4) is 0 Å². The predicted molar refractivity (Wildman–Crippen MR) is 108 cm³/mol. The van der Waals surface area contributed by atoms with Crippen LogP contribution in [0.1, 0.15) is 36.4 Å². The van der Waals surface area contributed by atoms with Crippen LogP contribution in [0.25, 0.3) is 0 Å². The van der Waals surface area contributed by atoms with Crippen molar-refractivity contribution in [3.05, 3.63) is 47.7 Å². The molecular formula is C21H29N5O. The van der Waals surface area contributed by atoms with Crippen molar-refractivity contribution in [1.29, 1.82) is 0 Å². The van der Waals surface area contributed by atoms with Gasteiger partial charge in [0.05, 0.1) is 12.3 Å². The molecule has 3 N–H and O–H groups in total. The molecule has 1 aromatic heterocycles. The third-order valence-electron chi connectivity index (χ3n) is 5.64. The number of nitrogen functional groups attached to an aromatic ring is 1. The Bertz CT molecular complexity index is 725. The summed E-state index contributed by atoms with van der Waals surface area (Å²) in [5.74, 6) is 2.21. The normalized spacial score (nSPS) is 21.4. The number of ether oxygens (including phenoxy) is 1. The Morgan fingerprint density at radius 3 is 2.67 bits per heavy atom. The highest BCUT2D eigenvalue weighted by Crippen LogP contribution is 2.26. The van der Waals surface area contributed by atoms with Gasteiger partial charge in [-0.05, 0) is 43.8 Å². The van der Waals surface area contributed by atoms with Gasteiger partial charge in [0, 0.05) is 31.7 Å². The van der Waals surface area contributed by atoms with Gasteiger partial charge in [-0.25, -0.2) is 4.98 Å². The third-order valence-corrected chi connectivity index (χ3v) is 5.64. The first-order valence-electron chi connectivity index (χ1n) is 9.98. The van der Waals surface area contributed by atoms with E-state index in [9.17, 15) is 0 Å². The molecule has 144 valence electrons. The summed E-state index contributed by atoms with van der Waals surface area (Å²) in [6.45, 7) is 5.83. The second kappa shape index (κ2) is 8.67. The largest absolute Gasteiger partial charge is 0.381 e. The molecule has 0 spiro atoms. The summed E-state index contributed by atoms with van der Waals surface area (Å²) in [5, 5.41) is 3.49. The lowest BCUT2D eigenvalue weighted by Crippen LogP contribution is -2.35. The first-order chi connectivity index (χ1) is 13.3. The molecule has 1 atom stereocenters. The van der Waals surface area contributed by atoms with Crippen molar-refractivity contribution in [2.75, 3.05) is 43.9 Å². The summed E-state index contributed by atoms with van der Waals surface area (Å²) in [7, 11) is 0. The van der Waals surface area contributed by atoms with Crippen LogP contribution in [0.2, 0.25) is 0 Å². The topological polar surface area (TPSA) is 76.3 Å². The van der Waals surface area contributed by atoms with Crippen molar-refractivity contribution in [2.45, 2.75) is 31.7 Å². The number of hydrogen-bond acceptors (Lipinski definition) is 6. The fourth-order valence-corrected chi connectivity index (χ4v) is 3.99. The Labute approximate surface area is 161 Å². The van der Waals surface area contributed by atoms with Crippen molar-refractivity contribution in [1.82, 2.24) is 14.9 Å². The van der Waals surface area contributed by atoms with Crippen LogP contribution in [0, 0.1) is 5.92 Å². The van der Waals surface area contributed by atoms with E-state index in [1.807, 2.05) is 6.07 Å². The minimum atomic E-state index is 0.345. The molecule has 0 saturated carbocycles. The number of anilines is 2. The third kappa shape index (κ3) is 4.96. The zero-order chi connectivity index (χ0) is 18.5. The summed E-state index contributed by atoms with van der Waals surface area (Å²) in [6, 6.07) is 12.8. The monoisotopic (exact) mass is 367 g/mol. The van der Waals surface area contributed by atoms with E-state index in [0.717, 1.165) is 57.3 Å². The number of likely N-dealkylation sites (tertiary alicyclic amines) is 1. The van der Waals surface area contributed by atoms with Crippen LogP contribution in [0.15, 0.2) is 36.4 Å². The average molecular weight is 367 g/mol. The van der Waals surface area contributed by atoms with Gasteiger partial charge in [-0.3, -0.25) is 4.90 Å². The summed E-state index contributed by atoms with van der Waals surface area (Å²) < 4.78 is 5.47. The van der Waals surface area contributed by atoms with Crippen molar-refractivity contribution in [2.24, 2.45) is 5.92 Å². The molecule has 2 fully saturated rings. The lowest BCUT2D eigenvalue weighted by molar-refractivity contribution is 0.182. The maximum Gasteiger partial charge on any atom is 0.222 e. The highest BCUT2D eigenvalue weighted by molar-refractivity contribution is 5.41. The van der Waals surface area contributed by atoms with Crippen LogP contribution in [0.4, 0.5) is 11.8 Å². The molecule has 0 amide bonds. The van der Waals surface area contributed by atoms with Crippen molar-refractivity contribution in [3.63, 3.8) is 0 Å². The summed E-state index contributed by atoms with van der Waals surface area (Å²) in [4.78, 5) is 11.3. The zero-order valence-electron chi connectivity index (χ0n) is 15.8. The molecule has 2 saturated heterocycles. The molecule has 0 unspecified atom stereocenters. The first-order valence-corrected chi connectivity index (χ1v) is 9.98. The number of nitrogens with two attached hydrogens (primary N) is 1. The Balaban J connectivity index is 1.26. The highest BCUT2D eigenvalue weighted by atomic mass is 16.5. The van der Waals surface area contributed by atoms with Gasteiger partial charge in [-0.15, -0.1) is 0 Å². The van der Waals surface area contributed by atoms with E-state index in [2.05, 4.69) is 50.5 Å². The fourth-order valence-electron chi connectivity index (χ4n) is 3.99. The second-order valence-corrected chi connectivity index (χ2v) is 7.68. The van der Waals surface area contributed by atoms with E-state index in [4.69, 9.17) is 10.5 Å². The minimum Gasteiger partial charge on any atom is -0.381 e. The lowest BCUT2D eigenvalue weighted by atomic mass is 9.96. The molecule has 2 aliphatic rings. The molecule has 2 aliphatic heterocycles. The first kappa shape index (κ1) is 18.2. The number of piperidine rings is 1. The van der Waals surface area contributed by atoms with Gasteiger partial charge < -0.3 is 15.8 Å².